The van der Waals surface area contributed by atoms with E-state index in [1.54, 1.807) is 12.1 Å². The molecule has 0 spiro atoms. The van der Waals surface area contributed by atoms with Gasteiger partial charge in [0.05, 0.1) is 17.1 Å². The molecule has 1 aromatic heterocycles. The number of allylic oxidation sites excluding steroid dienone is 2. The molecule has 18 heavy (non-hydrogen) atoms. The number of hydrogen-bond acceptors (Lipinski definition) is 2. The van der Waals surface area contributed by atoms with Gasteiger partial charge in [-0.15, -0.1) is 0 Å². The SMILES string of the molecule is O=c1ccn2c(c1)C1=Nc3ccccc3C1=CC2. The molecular weight excluding hydrogens is 224 g/mol. The lowest BCUT2D eigenvalue weighted by Crippen LogP contribution is -2.20. The van der Waals surface area contributed by atoms with E-state index in [-0.39, 0.29) is 5.43 Å². The second kappa shape index (κ2) is 3.29. The molecule has 0 amide bonds. The third kappa shape index (κ3) is 1.19. The maximum atomic E-state index is 11.5. The fourth-order valence-electron chi connectivity index (χ4n) is 2.57. The highest BCUT2D eigenvalue weighted by Crippen LogP contribution is 2.37. The zero-order valence-corrected chi connectivity index (χ0v) is 9.63. The molecule has 0 fully saturated rings. The number of para-hydroxylation sites is 1. The lowest BCUT2D eigenvalue weighted by molar-refractivity contribution is 0.796. The summed E-state index contributed by atoms with van der Waals surface area (Å²) in [6, 6.07) is 11.3. The molecule has 0 unspecified atom stereocenters. The standard InChI is InChI=1S/C15H10N2O/c18-10-5-7-17-8-6-12-11-3-1-2-4-13(11)16-15(12)14(17)9-10/h1-7,9H,8H2. The molecule has 1 aromatic carbocycles. The van der Waals surface area contributed by atoms with Gasteiger partial charge in [0.2, 0.25) is 0 Å². The van der Waals surface area contributed by atoms with Crippen LogP contribution in [-0.2, 0) is 6.54 Å². The minimum atomic E-state index is 0.0288. The maximum absolute atomic E-state index is 11.5. The van der Waals surface area contributed by atoms with Gasteiger partial charge in [-0.1, -0.05) is 24.3 Å². The van der Waals surface area contributed by atoms with E-state index >= 15 is 0 Å². The van der Waals surface area contributed by atoms with Crippen LogP contribution in [0.2, 0.25) is 0 Å². The van der Waals surface area contributed by atoms with Crippen molar-refractivity contribution in [1.82, 2.24) is 4.57 Å². The maximum Gasteiger partial charge on any atom is 0.182 e. The Bertz CT molecular complexity index is 781. The summed E-state index contributed by atoms with van der Waals surface area (Å²) >= 11 is 0. The summed E-state index contributed by atoms with van der Waals surface area (Å²) in [5.74, 6) is 0. The first-order valence-corrected chi connectivity index (χ1v) is 5.92. The quantitative estimate of drug-likeness (QED) is 0.689. The van der Waals surface area contributed by atoms with E-state index in [2.05, 4.69) is 21.7 Å². The summed E-state index contributed by atoms with van der Waals surface area (Å²) in [7, 11) is 0. The molecule has 0 aliphatic carbocycles. The zero-order valence-electron chi connectivity index (χ0n) is 9.63. The number of aliphatic imine (C=N–C) groups is 1. The van der Waals surface area contributed by atoms with Crippen molar-refractivity contribution in [3.63, 3.8) is 0 Å². The van der Waals surface area contributed by atoms with Crippen LogP contribution in [0.15, 0.2) is 58.5 Å². The Balaban J connectivity index is 2.01. The van der Waals surface area contributed by atoms with Gasteiger partial charge < -0.3 is 4.57 Å². The van der Waals surface area contributed by atoms with Crippen LogP contribution in [0.4, 0.5) is 5.69 Å². The van der Waals surface area contributed by atoms with Gasteiger partial charge in [-0.25, -0.2) is 4.99 Å². The Morgan fingerprint density at radius 1 is 1.17 bits per heavy atom. The van der Waals surface area contributed by atoms with Crippen molar-refractivity contribution < 1.29 is 0 Å². The topological polar surface area (TPSA) is 34.4 Å². The molecule has 3 heterocycles. The van der Waals surface area contributed by atoms with Gasteiger partial charge in [-0.05, 0) is 6.07 Å². The molecule has 0 saturated carbocycles. The number of nitrogens with zero attached hydrogens (tertiary/aromatic N) is 2. The average Bonchev–Trinajstić information content (AvgIpc) is 2.78. The Morgan fingerprint density at radius 3 is 3.00 bits per heavy atom. The number of fused-ring (bicyclic) bond motifs is 5. The Kier molecular flexibility index (Phi) is 1.75. The van der Waals surface area contributed by atoms with Crippen LogP contribution in [0.25, 0.3) is 5.57 Å². The Morgan fingerprint density at radius 2 is 2.06 bits per heavy atom. The van der Waals surface area contributed by atoms with E-state index in [9.17, 15) is 4.79 Å². The minimum absolute atomic E-state index is 0.0288. The summed E-state index contributed by atoms with van der Waals surface area (Å²) in [5, 5.41) is 0. The first-order valence-electron chi connectivity index (χ1n) is 5.92. The summed E-state index contributed by atoms with van der Waals surface area (Å²) in [4.78, 5) is 16.2. The lowest BCUT2D eigenvalue weighted by atomic mass is 9.98. The average molecular weight is 234 g/mol. The van der Waals surface area contributed by atoms with E-state index < -0.39 is 0 Å². The van der Waals surface area contributed by atoms with Crippen molar-refractivity contribution in [2.24, 2.45) is 4.99 Å². The number of pyridine rings is 1. The molecule has 2 aliphatic rings. The number of benzene rings is 1. The first kappa shape index (κ1) is 9.59. The van der Waals surface area contributed by atoms with Crippen molar-refractivity contribution in [3.05, 3.63) is 70.2 Å². The predicted molar refractivity (Wildman–Crippen MR) is 71.3 cm³/mol. The first-order chi connectivity index (χ1) is 8.83. The van der Waals surface area contributed by atoms with Crippen LogP contribution in [0, 0.1) is 0 Å². The van der Waals surface area contributed by atoms with E-state index in [1.165, 1.54) is 0 Å². The van der Waals surface area contributed by atoms with Crippen molar-refractivity contribution in [2.45, 2.75) is 6.54 Å². The van der Waals surface area contributed by atoms with Crippen LogP contribution in [-0.4, -0.2) is 10.3 Å². The van der Waals surface area contributed by atoms with E-state index in [1.807, 2.05) is 24.4 Å². The van der Waals surface area contributed by atoms with Crippen LogP contribution in [0.1, 0.15) is 11.3 Å². The van der Waals surface area contributed by atoms with Gasteiger partial charge in [0, 0.05) is 36.0 Å². The molecule has 0 saturated heterocycles. The molecule has 0 N–H and O–H groups in total. The fraction of sp³-hybridized carbons (Fsp3) is 0.0667. The summed E-state index contributed by atoms with van der Waals surface area (Å²) in [6.45, 7) is 0.790. The second-order valence-electron chi connectivity index (χ2n) is 4.50. The number of rotatable bonds is 0. The monoisotopic (exact) mass is 234 g/mol. The molecule has 0 bridgehead atoms. The second-order valence-corrected chi connectivity index (χ2v) is 4.50. The van der Waals surface area contributed by atoms with Crippen LogP contribution in [0.5, 0.6) is 0 Å². The van der Waals surface area contributed by atoms with Crippen molar-refractivity contribution in [1.29, 1.82) is 0 Å². The molecule has 3 heteroatoms. The van der Waals surface area contributed by atoms with Gasteiger partial charge in [-0.2, -0.15) is 0 Å². The van der Waals surface area contributed by atoms with Crippen LogP contribution < -0.4 is 5.43 Å². The highest BCUT2D eigenvalue weighted by molar-refractivity contribution is 6.35. The van der Waals surface area contributed by atoms with Gasteiger partial charge in [0.25, 0.3) is 0 Å². The molecular formula is C15H10N2O. The smallest absolute Gasteiger partial charge is 0.182 e. The van der Waals surface area contributed by atoms with Gasteiger partial charge in [0.15, 0.2) is 5.43 Å². The zero-order chi connectivity index (χ0) is 12.1. The normalized spacial score (nSPS) is 15.3. The van der Waals surface area contributed by atoms with Gasteiger partial charge >= 0.3 is 0 Å². The van der Waals surface area contributed by atoms with Crippen LogP contribution in [0.3, 0.4) is 0 Å². The highest BCUT2D eigenvalue weighted by atomic mass is 16.1. The van der Waals surface area contributed by atoms with Gasteiger partial charge in [-0.3, -0.25) is 4.79 Å². The van der Waals surface area contributed by atoms with Crippen LogP contribution >= 0.6 is 0 Å². The molecule has 2 aromatic rings. The third-order valence-corrected chi connectivity index (χ3v) is 3.42. The fourth-order valence-corrected chi connectivity index (χ4v) is 2.57. The van der Waals surface area contributed by atoms with Crippen molar-refractivity contribution in [2.75, 3.05) is 0 Å². The Hall–Kier alpha value is -2.42. The largest absolute Gasteiger partial charge is 0.342 e. The third-order valence-electron chi connectivity index (χ3n) is 3.42. The number of hydrogen-bond donors (Lipinski definition) is 0. The molecule has 0 atom stereocenters. The molecule has 3 nitrogen and oxygen atoms in total. The molecule has 86 valence electrons. The summed E-state index contributed by atoms with van der Waals surface area (Å²) in [6.07, 6.45) is 4.00. The van der Waals surface area contributed by atoms with E-state index in [0.29, 0.717) is 0 Å². The molecule has 4 rings (SSSR count). The predicted octanol–water partition coefficient (Wildman–Crippen LogP) is 2.38. The highest BCUT2D eigenvalue weighted by Gasteiger charge is 2.25. The summed E-state index contributed by atoms with van der Waals surface area (Å²) in [5.41, 5.74) is 5.16. The Labute approximate surface area is 104 Å². The van der Waals surface area contributed by atoms with Crippen molar-refractivity contribution >= 4 is 17.0 Å². The number of aromatic nitrogens is 1. The minimum Gasteiger partial charge on any atom is -0.342 e. The van der Waals surface area contributed by atoms with E-state index in [0.717, 1.165) is 34.8 Å². The van der Waals surface area contributed by atoms with E-state index in [4.69, 9.17) is 0 Å². The summed E-state index contributed by atoms with van der Waals surface area (Å²) < 4.78 is 2.05. The molecule has 2 aliphatic heterocycles. The van der Waals surface area contributed by atoms with Crippen molar-refractivity contribution in [3.8, 4) is 0 Å². The lowest BCUT2D eigenvalue weighted by Gasteiger charge is -2.17. The molecule has 0 radical (unpaired) electrons. The van der Waals surface area contributed by atoms with Gasteiger partial charge in [0.1, 0.15) is 0 Å².